The van der Waals surface area contributed by atoms with Gasteiger partial charge in [0.05, 0.1) is 18.1 Å². The van der Waals surface area contributed by atoms with Gasteiger partial charge in [0.15, 0.2) is 0 Å². The van der Waals surface area contributed by atoms with Gasteiger partial charge in [-0.25, -0.2) is 0 Å². The van der Waals surface area contributed by atoms with E-state index in [4.69, 9.17) is 0 Å². The van der Waals surface area contributed by atoms with Gasteiger partial charge in [-0.3, -0.25) is 4.79 Å². The van der Waals surface area contributed by atoms with Crippen LogP contribution in [0, 0.1) is 5.41 Å². The van der Waals surface area contributed by atoms with Gasteiger partial charge in [0, 0.05) is 13.1 Å². The van der Waals surface area contributed by atoms with Crippen LogP contribution in [-0.4, -0.2) is 48.2 Å². The number of carbonyl (C=O) groups is 1. The number of hydrogen-bond acceptors (Lipinski definition) is 3. The summed E-state index contributed by atoms with van der Waals surface area (Å²) < 4.78 is 0. The summed E-state index contributed by atoms with van der Waals surface area (Å²) in [4.78, 5) is 14.8. The molecule has 0 saturated carbocycles. The van der Waals surface area contributed by atoms with Gasteiger partial charge >= 0.3 is 0 Å². The van der Waals surface area contributed by atoms with Crippen LogP contribution >= 0.6 is 0 Å². The first-order chi connectivity index (χ1) is 8.73. The maximum Gasteiger partial charge on any atom is 0.230 e. The Morgan fingerprint density at radius 2 is 2.28 bits per heavy atom. The normalized spacial score (nSPS) is 33.4. The molecule has 2 saturated heterocycles. The van der Waals surface area contributed by atoms with Crippen LogP contribution in [0.3, 0.4) is 0 Å². The molecule has 2 atom stereocenters. The summed E-state index contributed by atoms with van der Waals surface area (Å²) in [6, 6.07) is 0.0524. The molecule has 0 bridgehead atoms. The van der Waals surface area contributed by atoms with E-state index < -0.39 is 0 Å². The number of nitrogens with zero attached hydrogens (tertiary/aromatic N) is 1. The second-order valence-corrected chi connectivity index (χ2v) is 5.74. The summed E-state index contributed by atoms with van der Waals surface area (Å²) in [6.07, 6.45) is 6.13. The first-order valence-electron chi connectivity index (χ1n) is 7.36. The van der Waals surface area contributed by atoms with Crippen molar-refractivity contribution in [1.29, 1.82) is 0 Å². The zero-order chi connectivity index (χ0) is 13.0. The molecule has 2 N–H and O–H groups in total. The van der Waals surface area contributed by atoms with Gasteiger partial charge in [-0.05, 0) is 45.1 Å². The molecule has 2 unspecified atom stereocenters. The average Bonchev–Trinajstić information content (AvgIpc) is 2.47. The van der Waals surface area contributed by atoms with Gasteiger partial charge in [-0.2, -0.15) is 0 Å². The molecule has 1 amide bonds. The van der Waals surface area contributed by atoms with Crippen LogP contribution in [0.15, 0.2) is 0 Å². The lowest BCUT2D eigenvalue weighted by atomic mass is 9.76. The van der Waals surface area contributed by atoms with Crippen LogP contribution < -0.4 is 5.32 Å². The number of piperidine rings is 2. The minimum Gasteiger partial charge on any atom is -0.394 e. The van der Waals surface area contributed by atoms with E-state index in [9.17, 15) is 9.90 Å². The molecule has 0 spiro atoms. The molecule has 2 fully saturated rings. The number of hydrogen-bond donors (Lipinski definition) is 2. The zero-order valence-corrected chi connectivity index (χ0v) is 11.5. The van der Waals surface area contributed by atoms with Crippen molar-refractivity contribution in [3.05, 3.63) is 0 Å². The smallest absolute Gasteiger partial charge is 0.230 e. The molecular formula is C14H26N2O2. The molecular weight excluding hydrogens is 228 g/mol. The standard InChI is InChI=1S/C14H26N2O2/c1-2-14(7-5-8-15-11-14)13(18)16-9-4-3-6-12(16)10-17/h12,15,17H,2-11H2,1H3. The molecule has 18 heavy (non-hydrogen) atoms. The Morgan fingerprint density at radius 3 is 2.89 bits per heavy atom. The number of aliphatic hydroxyl groups is 1. The summed E-state index contributed by atoms with van der Waals surface area (Å²) in [5.74, 6) is 0.274. The van der Waals surface area contributed by atoms with Crippen molar-refractivity contribution < 1.29 is 9.90 Å². The number of aliphatic hydroxyl groups excluding tert-OH is 1. The molecule has 0 aliphatic carbocycles. The number of likely N-dealkylation sites (tertiary alicyclic amines) is 1. The van der Waals surface area contributed by atoms with Gasteiger partial charge in [0.25, 0.3) is 0 Å². The number of amides is 1. The van der Waals surface area contributed by atoms with E-state index in [1.165, 1.54) is 0 Å². The van der Waals surface area contributed by atoms with E-state index in [2.05, 4.69) is 12.2 Å². The summed E-state index contributed by atoms with van der Waals surface area (Å²) in [5, 5.41) is 12.8. The Kier molecular flexibility index (Phi) is 4.62. The minimum absolute atomic E-state index is 0.0524. The second-order valence-electron chi connectivity index (χ2n) is 5.74. The quantitative estimate of drug-likeness (QED) is 0.794. The van der Waals surface area contributed by atoms with E-state index in [-0.39, 0.29) is 24.0 Å². The molecule has 2 aliphatic heterocycles. The highest BCUT2D eigenvalue weighted by atomic mass is 16.3. The molecule has 2 heterocycles. The van der Waals surface area contributed by atoms with Gasteiger partial charge in [-0.15, -0.1) is 0 Å². The van der Waals surface area contributed by atoms with Crippen LogP contribution in [0.4, 0.5) is 0 Å². The van der Waals surface area contributed by atoms with Crippen LogP contribution in [0.25, 0.3) is 0 Å². The Bertz CT molecular complexity index is 288. The fourth-order valence-electron chi connectivity index (χ4n) is 3.37. The highest BCUT2D eigenvalue weighted by Gasteiger charge is 2.42. The molecule has 2 aliphatic rings. The SMILES string of the molecule is CCC1(C(=O)N2CCCCC2CO)CCCNC1. The molecule has 104 valence electrons. The van der Waals surface area contributed by atoms with Crippen LogP contribution in [0.2, 0.25) is 0 Å². The topological polar surface area (TPSA) is 52.6 Å². The van der Waals surface area contributed by atoms with Crippen molar-refractivity contribution in [3.63, 3.8) is 0 Å². The molecule has 0 aromatic carbocycles. The lowest BCUT2D eigenvalue weighted by Gasteiger charge is -2.43. The third-order valence-corrected chi connectivity index (χ3v) is 4.70. The fourth-order valence-corrected chi connectivity index (χ4v) is 3.37. The van der Waals surface area contributed by atoms with Crippen molar-refractivity contribution in [2.75, 3.05) is 26.2 Å². The highest BCUT2D eigenvalue weighted by Crippen LogP contribution is 2.34. The highest BCUT2D eigenvalue weighted by molar-refractivity contribution is 5.83. The third kappa shape index (κ3) is 2.54. The lowest BCUT2D eigenvalue weighted by Crippen LogP contribution is -2.56. The van der Waals surface area contributed by atoms with Crippen molar-refractivity contribution in [1.82, 2.24) is 10.2 Å². The maximum absolute atomic E-state index is 12.9. The third-order valence-electron chi connectivity index (χ3n) is 4.70. The largest absolute Gasteiger partial charge is 0.394 e. The molecule has 0 aromatic rings. The monoisotopic (exact) mass is 254 g/mol. The number of nitrogens with one attached hydrogen (secondary N) is 1. The lowest BCUT2D eigenvalue weighted by molar-refractivity contribution is -0.148. The molecule has 0 aromatic heterocycles. The number of rotatable bonds is 3. The summed E-state index contributed by atoms with van der Waals surface area (Å²) in [6.45, 7) is 4.88. The van der Waals surface area contributed by atoms with Crippen molar-refractivity contribution in [3.8, 4) is 0 Å². The summed E-state index contributed by atoms with van der Waals surface area (Å²) >= 11 is 0. The number of carbonyl (C=O) groups excluding carboxylic acids is 1. The maximum atomic E-state index is 12.9. The Labute approximate surface area is 110 Å². The molecule has 2 rings (SSSR count). The van der Waals surface area contributed by atoms with E-state index >= 15 is 0 Å². The predicted molar refractivity (Wildman–Crippen MR) is 71.3 cm³/mol. The summed E-state index contributed by atoms with van der Waals surface area (Å²) in [7, 11) is 0. The Balaban J connectivity index is 2.11. The van der Waals surface area contributed by atoms with E-state index in [1.54, 1.807) is 0 Å². The Morgan fingerprint density at radius 1 is 1.44 bits per heavy atom. The van der Waals surface area contributed by atoms with Crippen molar-refractivity contribution in [2.45, 2.75) is 51.5 Å². The van der Waals surface area contributed by atoms with Gasteiger partial charge in [-0.1, -0.05) is 6.92 Å². The van der Waals surface area contributed by atoms with Crippen LogP contribution in [0.1, 0.15) is 45.4 Å². The second kappa shape index (κ2) is 6.02. The van der Waals surface area contributed by atoms with Gasteiger partial charge in [0.2, 0.25) is 5.91 Å². The zero-order valence-electron chi connectivity index (χ0n) is 11.5. The first-order valence-corrected chi connectivity index (χ1v) is 7.36. The fraction of sp³-hybridized carbons (Fsp3) is 0.929. The molecule has 4 heteroatoms. The minimum atomic E-state index is -0.219. The van der Waals surface area contributed by atoms with Crippen LogP contribution in [0.5, 0.6) is 0 Å². The molecule has 0 radical (unpaired) electrons. The van der Waals surface area contributed by atoms with Crippen molar-refractivity contribution >= 4 is 5.91 Å². The first kappa shape index (κ1) is 13.8. The summed E-state index contributed by atoms with van der Waals surface area (Å²) in [5.41, 5.74) is -0.219. The average molecular weight is 254 g/mol. The van der Waals surface area contributed by atoms with Gasteiger partial charge < -0.3 is 15.3 Å². The predicted octanol–water partition coefficient (Wildman–Crippen LogP) is 1.14. The van der Waals surface area contributed by atoms with Gasteiger partial charge in [0.1, 0.15) is 0 Å². The van der Waals surface area contributed by atoms with E-state index in [0.29, 0.717) is 0 Å². The van der Waals surface area contributed by atoms with Crippen LogP contribution in [-0.2, 0) is 4.79 Å². The van der Waals surface area contributed by atoms with Crippen molar-refractivity contribution in [2.24, 2.45) is 5.41 Å². The van der Waals surface area contributed by atoms with E-state index in [1.807, 2.05) is 4.90 Å². The van der Waals surface area contributed by atoms with E-state index in [0.717, 1.165) is 58.2 Å². The Hall–Kier alpha value is -0.610. The molecule has 4 nitrogen and oxygen atoms in total.